The number of hydrogen-bond donors (Lipinski definition) is 0. The predicted molar refractivity (Wildman–Crippen MR) is 276 cm³/mol. The fourth-order valence-electron chi connectivity index (χ4n) is 8.99. The van der Waals surface area contributed by atoms with Crippen molar-refractivity contribution < 1.29 is 19.1 Å². The minimum Gasteiger partial charge on any atom is -0.465 e. The molecule has 0 amide bonds. The van der Waals surface area contributed by atoms with Crippen molar-refractivity contribution in [1.29, 1.82) is 0 Å². The molecule has 0 aromatic heterocycles. The molecule has 0 fully saturated rings. The third-order valence-electron chi connectivity index (χ3n) is 13.3. The van der Waals surface area contributed by atoms with Crippen molar-refractivity contribution in [2.45, 2.75) is 310 Å². The van der Waals surface area contributed by atoms with Crippen molar-refractivity contribution in [1.82, 2.24) is 3.11 Å². The van der Waals surface area contributed by atoms with Crippen LogP contribution in [0.25, 0.3) is 0 Å². The quantitative estimate of drug-likeness (QED) is 0.0263. The van der Waals surface area contributed by atoms with Crippen LogP contribution < -0.4 is 0 Å². The second kappa shape index (κ2) is 49.1. The van der Waals surface area contributed by atoms with Gasteiger partial charge in [0, 0.05) is 48.3 Å². The van der Waals surface area contributed by atoms with Crippen LogP contribution in [0.1, 0.15) is 304 Å². The highest BCUT2D eigenvalue weighted by atomic mass is 127. The lowest BCUT2D eigenvalue weighted by Crippen LogP contribution is -2.27. The van der Waals surface area contributed by atoms with E-state index in [0.29, 0.717) is 43.9 Å². The van der Waals surface area contributed by atoms with Gasteiger partial charge in [0.2, 0.25) is 0 Å². The maximum absolute atomic E-state index is 12.8. The lowest BCUT2D eigenvalue weighted by molar-refractivity contribution is -0.146. The van der Waals surface area contributed by atoms with Gasteiger partial charge in [-0.3, -0.25) is 9.59 Å². The van der Waals surface area contributed by atoms with Crippen LogP contribution in [0.2, 0.25) is 0 Å². The van der Waals surface area contributed by atoms with Gasteiger partial charge < -0.3 is 9.47 Å². The van der Waals surface area contributed by atoms with Crippen LogP contribution in [-0.4, -0.2) is 40.9 Å². The summed E-state index contributed by atoms with van der Waals surface area (Å²) in [5.74, 6) is 1.10. The zero-order valence-corrected chi connectivity index (χ0v) is 44.2. The summed E-state index contributed by atoms with van der Waals surface area (Å²) in [5, 5.41) is 0. The second-order valence-electron chi connectivity index (χ2n) is 19.4. The van der Waals surface area contributed by atoms with Crippen molar-refractivity contribution in [2.24, 2.45) is 11.8 Å². The van der Waals surface area contributed by atoms with Crippen LogP contribution in [-0.2, 0) is 19.1 Å². The standard InChI is InChI=1S/C55H108INO4/c1-6-11-16-21-24-25-28-39-48-57(56)53(44-35-29-37-46-54(58)60-49-51(40-31-19-14-9-4)42-33-26-22-17-12-7-2)45-36-30-38-47-55(59)61-50-52(41-32-20-15-10-5)43-34-27-23-18-13-8-3/h51-53H,6-50H2,1-5H3. The minimum absolute atomic E-state index is 0.0158. The molecule has 61 heavy (non-hydrogen) atoms. The molecule has 2 atom stereocenters. The fraction of sp³-hybridized carbons (Fsp3) is 0.964. The molecule has 0 rings (SSSR count). The van der Waals surface area contributed by atoms with Gasteiger partial charge in [0.1, 0.15) is 0 Å². The number of rotatable bonds is 50. The summed E-state index contributed by atoms with van der Waals surface area (Å²) in [7, 11) is 0. The van der Waals surface area contributed by atoms with Gasteiger partial charge in [-0.1, -0.05) is 234 Å². The first-order valence-corrected chi connectivity index (χ1v) is 28.6. The minimum atomic E-state index is 0.0158. The topological polar surface area (TPSA) is 55.8 Å². The highest BCUT2D eigenvalue weighted by Gasteiger charge is 2.18. The lowest BCUT2D eigenvalue weighted by Gasteiger charge is -2.26. The Hall–Kier alpha value is -0.370. The molecule has 0 radical (unpaired) electrons. The van der Waals surface area contributed by atoms with Crippen LogP contribution in [0, 0.1) is 11.8 Å². The van der Waals surface area contributed by atoms with Gasteiger partial charge in [-0.05, 0) is 69.6 Å². The Bertz CT molecular complexity index is 843. The zero-order valence-electron chi connectivity index (χ0n) is 42.0. The second-order valence-corrected chi connectivity index (χ2v) is 20.6. The third kappa shape index (κ3) is 43.3. The van der Waals surface area contributed by atoms with Crippen LogP contribution >= 0.6 is 22.9 Å². The van der Waals surface area contributed by atoms with E-state index < -0.39 is 0 Å². The number of ether oxygens (including phenoxy) is 2. The molecule has 0 aliphatic heterocycles. The molecule has 0 spiro atoms. The summed E-state index contributed by atoms with van der Waals surface area (Å²) < 4.78 is 14.4. The molecule has 0 heterocycles. The van der Waals surface area contributed by atoms with E-state index in [4.69, 9.17) is 9.47 Å². The molecule has 0 bridgehead atoms. The maximum Gasteiger partial charge on any atom is 0.305 e. The molecule has 5 nitrogen and oxygen atoms in total. The van der Waals surface area contributed by atoms with Crippen LogP contribution in [0.3, 0.4) is 0 Å². The van der Waals surface area contributed by atoms with E-state index in [-0.39, 0.29) is 11.9 Å². The first-order chi connectivity index (χ1) is 29.9. The Morgan fingerprint density at radius 2 is 0.623 bits per heavy atom. The Morgan fingerprint density at radius 3 is 0.967 bits per heavy atom. The number of carbonyl (C=O) groups is 2. The monoisotopic (exact) mass is 974 g/mol. The average Bonchev–Trinajstić information content (AvgIpc) is 3.26. The van der Waals surface area contributed by atoms with E-state index in [1.54, 1.807) is 0 Å². The number of hydrogen-bond acceptors (Lipinski definition) is 5. The van der Waals surface area contributed by atoms with Crippen molar-refractivity contribution >= 4 is 34.8 Å². The summed E-state index contributed by atoms with van der Waals surface area (Å²) in [5.41, 5.74) is 0. The average molecular weight is 974 g/mol. The Balaban J connectivity index is 4.79. The van der Waals surface area contributed by atoms with Gasteiger partial charge in [0.25, 0.3) is 0 Å². The van der Waals surface area contributed by atoms with E-state index in [2.05, 4.69) is 60.6 Å². The predicted octanol–water partition coefficient (Wildman–Crippen LogP) is 18.8. The van der Waals surface area contributed by atoms with Gasteiger partial charge in [0.05, 0.1) is 13.2 Å². The zero-order chi connectivity index (χ0) is 44.7. The maximum atomic E-state index is 12.8. The normalized spacial score (nSPS) is 13.2. The van der Waals surface area contributed by atoms with Gasteiger partial charge in [-0.25, -0.2) is 3.11 Å². The van der Waals surface area contributed by atoms with E-state index >= 15 is 0 Å². The smallest absolute Gasteiger partial charge is 0.305 e. The van der Waals surface area contributed by atoms with E-state index in [0.717, 1.165) is 45.1 Å². The molecule has 0 N–H and O–H groups in total. The molecule has 0 aliphatic rings. The molecule has 0 aromatic carbocycles. The summed E-state index contributed by atoms with van der Waals surface area (Å²) in [6.45, 7) is 13.8. The van der Waals surface area contributed by atoms with Crippen molar-refractivity contribution in [3.8, 4) is 0 Å². The summed E-state index contributed by atoms with van der Waals surface area (Å²) >= 11 is 2.61. The number of unbranched alkanes of at least 4 members (excludes halogenated alkanes) is 27. The highest BCUT2D eigenvalue weighted by Crippen LogP contribution is 2.24. The van der Waals surface area contributed by atoms with E-state index in [9.17, 15) is 9.59 Å². The molecule has 0 saturated carbocycles. The number of halogens is 1. The largest absolute Gasteiger partial charge is 0.465 e. The van der Waals surface area contributed by atoms with Crippen LogP contribution in [0.4, 0.5) is 0 Å². The Kier molecular flexibility index (Phi) is 48.8. The number of carbonyl (C=O) groups excluding carboxylic acids is 2. The molecule has 0 aromatic rings. The molecule has 0 saturated heterocycles. The van der Waals surface area contributed by atoms with Gasteiger partial charge in [-0.2, -0.15) is 0 Å². The summed E-state index contributed by atoms with van der Waals surface area (Å²) in [4.78, 5) is 25.7. The molecule has 364 valence electrons. The highest BCUT2D eigenvalue weighted by molar-refractivity contribution is 14.1. The van der Waals surface area contributed by atoms with E-state index in [1.807, 2.05) is 0 Å². The van der Waals surface area contributed by atoms with Gasteiger partial charge in [0.15, 0.2) is 0 Å². The summed E-state index contributed by atoms with van der Waals surface area (Å²) in [6.07, 6.45) is 51.8. The molecule has 2 unspecified atom stereocenters. The molecular formula is C55H108INO4. The van der Waals surface area contributed by atoms with Crippen molar-refractivity contribution in [2.75, 3.05) is 19.8 Å². The number of esters is 2. The third-order valence-corrected chi connectivity index (χ3v) is 14.6. The van der Waals surface area contributed by atoms with Gasteiger partial charge in [-0.15, -0.1) is 0 Å². The Labute approximate surface area is 396 Å². The lowest BCUT2D eigenvalue weighted by atomic mass is 9.95. The SMILES string of the molecule is CCCCCCCCCCN(I)C(CCCCCC(=O)OCC(CCCCCC)CCCCCCCC)CCCCCC(=O)OCC(CCCCCC)CCCCCCCC. The molecular weight excluding hydrogens is 866 g/mol. The van der Waals surface area contributed by atoms with Crippen molar-refractivity contribution in [3.63, 3.8) is 0 Å². The Morgan fingerprint density at radius 1 is 0.361 bits per heavy atom. The number of nitrogens with zero attached hydrogens (tertiary/aromatic N) is 1. The van der Waals surface area contributed by atoms with Crippen molar-refractivity contribution in [3.05, 3.63) is 0 Å². The summed E-state index contributed by atoms with van der Waals surface area (Å²) in [6, 6.07) is 0.565. The van der Waals surface area contributed by atoms with E-state index in [1.165, 1.54) is 218 Å². The first-order valence-electron chi connectivity index (χ1n) is 27.6. The van der Waals surface area contributed by atoms with Gasteiger partial charge >= 0.3 is 11.9 Å². The van der Waals surface area contributed by atoms with Crippen LogP contribution in [0.15, 0.2) is 0 Å². The fourth-order valence-corrected chi connectivity index (χ4v) is 9.89. The first kappa shape index (κ1) is 60.6. The molecule has 6 heteroatoms. The molecule has 0 aliphatic carbocycles. The van der Waals surface area contributed by atoms with Crippen LogP contribution in [0.5, 0.6) is 0 Å².